The molecule has 1 aromatic carbocycles. The van der Waals surface area contributed by atoms with Gasteiger partial charge >= 0.3 is 0 Å². The van der Waals surface area contributed by atoms with Crippen LogP contribution >= 0.6 is 0 Å². The second kappa shape index (κ2) is 3.89. The molecule has 1 unspecified atom stereocenters. The molecule has 1 fully saturated rings. The Morgan fingerprint density at radius 2 is 2.00 bits per heavy atom. The predicted molar refractivity (Wildman–Crippen MR) is 59.1 cm³/mol. The minimum atomic E-state index is -3.47. The highest BCUT2D eigenvalue weighted by Gasteiger charge is 2.38. The summed E-state index contributed by atoms with van der Waals surface area (Å²) in [7, 11) is -3.47. The Labute approximate surface area is 95.2 Å². The summed E-state index contributed by atoms with van der Waals surface area (Å²) >= 11 is 0. The first-order chi connectivity index (χ1) is 7.55. The highest BCUT2D eigenvalue weighted by molar-refractivity contribution is 7.89. The van der Waals surface area contributed by atoms with E-state index < -0.39 is 16.1 Å². The van der Waals surface area contributed by atoms with E-state index in [9.17, 15) is 8.42 Å². The molecule has 16 heavy (non-hydrogen) atoms. The van der Waals surface area contributed by atoms with Crippen LogP contribution in [0.25, 0.3) is 0 Å². The number of rotatable bonds is 2. The number of benzene rings is 1. The molecule has 0 amide bonds. The third-order valence-electron chi connectivity index (χ3n) is 2.75. The predicted octanol–water partition coefficient (Wildman–Crippen LogP) is 1.28. The van der Waals surface area contributed by atoms with Crippen molar-refractivity contribution in [1.82, 2.24) is 4.31 Å². The molecule has 4 nitrogen and oxygen atoms in total. The van der Waals surface area contributed by atoms with Crippen molar-refractivity contribution in [3.8, 4) is 6.07 Å². The van der Waals surface area contributed by atoms with E-state index >= 15 is 0 Å². The Bertz CT molecular complexity index is 528. The maximum absolute atomic E-state index is 12.1. The molecule has 0 bridgehead atoms. The Morgan fingerprint density at radius 3 is 2.44 bits per heavy atom. The monoisotopic (exact) mass is 236 g/mol. The van der Waals surface area contributed by atoms with Gasteiger partial charge in [-0.1, -0.05) is 17.7 Å². The quantitative estimate of drug-likeness (QED) is 0.777. The van der Waals surface area contributed by atoms with Crippen LogP contribution in [0.5, 0.6) is 0 Å². The topological polar surface area (TPSA) is 61.2 Å². The number of nitrogens with zero attached hydrogens (tertiary/aromatic N) is 2. The molecule has 1 aromatic rings. The van der Waals surface area contributed by atoms with Crippen molar-refractivity contribution < 1.29 is 8.42 Å². The van der Waals surface area contributed by atoms with Gasteiger partial charge in [-0.3, -0.25) is 0 Å². The van der Waals surface area contributed by atoms with E-state index in [0.717, 1.165) is 5.56 Å². The molecule has 1 atom stereocenters. The van der Waals surface area contributed by atoms with Crippen molar-refractivity contribution in [1.29, 1.82) is 5.26 Å². The number of aryl methyl sites for hydroxylation is 1. The van der Waals surface area contributed by atoms with Crippen LogP contribution in [0.4, 0.5) is 0 Å². The van der Waals surface area contributed by atoms with Gasteiger partial charge in [0, 0.05) is 6.54 Å². The fourth-order valence-corrected chi connectivity index (χ4v) is 3.21. The second-order valence-corrected chi connectivity index (χ2v) is 5.75. The van der Waals surface area contributed by atoms with Gasteiger partial charge in [0.15, 0.2) is 0 Å². The average molecular weight is 236 g/mol. The van der Waals surface area contributed by atoms with Crippen molar-refractivity contribution in [2.24, 2.45) is 0 Å². The lowest BCUT2D eigenvalue weighted by Crippen LogP contribution is -2.50. The molecule has 0 aliphatic carbocycles. The van der Waals surface area contributed by atoms with Gasteiger partial charge in [0.05, 0.1) is 11.0 Å². The van der Waals surface area contributed by atoms with Crippen molar-refractivity contribution in [2.75, 3.05) is 6.54 Å². The zero-order chi connectivity index (χ0) is 11.8. The van der Waals surface area contributed by atoms with Crippen molar-refractivity contribution in [3.05, 3.63) is 29.8 Å². The van der Waals surface area contributed by atoms with Crippen LogP contribution in [-0.2, 0) is 10.0 Å². The highest BCUT2D eigenvalue weighted by Crippen LogP contribution is 2.26. The van der Waals surface area contributed by atoms with Gasteiger partial charge in [-0.05, 0) is 25.5 Å². The van der Waals surface area contributed by atoms with Gasteiger partial charge in [0.1, 0.15) is 6.04 Å². The van der Waals surface area contributed by atoms with Crippen LogP contribution < -0.4 is 0 Å². The number of sulfonamides is 1. The lowest BCUT2D eigenvalue weighted by Gasteiger charge is -2.34. The molecule has 1 heterocycles. The first-order valence-corrected chi connectivity index (χ1v) is 6.48. The molecule has 1 aliphatic heterocycles. The zero-order valence-electron chi connectivity index (χ0n) is 8.92. The van der Waals surface area contributed by atoms with E-state index in [4.69, 9.17) is 5.26 Å². The summed E-state index contributed by atoms with van der Waals surface area (Å²) in [6, 6.07) is 8.17. The molecule has 0 spiro atoms. The van der Waals surface area contributed by atoms with Gasteiger partial charge in [-0.2, -0.15) is 9.57 Å². The molecular formula is C11H12N2O2S. The number of nitriles is 1. The molecule has 0 aromatic heterocycles. The zero-order valence-corrected chi connectivity index (χ0v) is 9.74. The van der Waals surface area contributed by atoms with Crippen LogP contribution in [0.3, 0.4) is 0 Å². The van der Waals surface area contributed by atoms with E-state index in [1.165, 1.54) is 4.31 Å². The van der Waals surface area contributed by atoms with E-state index in [-0.39, 0.29) is 4.90 Å². The molecule has 84 valence electrons. The van der Waals surface area contributed by atoms with Crippen LogP contribution in [0.15, 0.2) is 29.2 Å². The van der Waals surface area contributed by atoms with Crippen LogP contribution in [-0.4, -0.2) is 25.3 Å². The lowest BCUT2D eigenvalue weighted by molar-refractivity contribution is 0.249. The Morgan fingerprint density at radius 1 is 1.38 bits per heavy atom. The lowest BCUT2D eigenvalue weighted by atomic mass is 10.1. The van der Waals surface area contributed by atoms with E-state index in [0.29, 0.717) is 13.0 Å². The summed E-state index contributed by atoms with van der Waals surface area (Å²) in [4.78, 5) is 0.262. The molecule has 1 aliphatic rings. The van der Waals surface area contributed by atoms with Crippen molar-refractivity contribution in [2.45, 2.75) is 24.3 Å². The molecule has 2 rings (SSSR count). The Balaban J connectivity index is 2.33. The maximum atomic E-state index is 12.1. The summed E-state index contributed by atoms with van der Waals surface area (Å²) in [5.41, 5.74) is 1.01. The average Bonchev–Trinajstić information content (AvgIpc) is 2.16. The summed E-state index contributed by atoms with van der Waals surface area (Å²) in [6.07, 6.45) is 0.627. The smallest absolute Gasteiger partial charge is 0.207 e. The van der Waals surface area contributed by atoms with Crippen LogP contribution in [0, 0.1) is 18.3 Å². The molecule has 1 saturated heterocycles. The summed E-state index contributed by atoms with van der Waals surface area (Å²) in [5.74, 6) is 0. The first-order valence-electron chi connectivity index (χ1n) is 5.04. The summed E-state index contributed by atoms with van der Waals surface area (Å²) < 4.78 is 25.4. The van der Waals surface area contributed by atoms with Gasteiger partial charge < -0.3 is 0 Å². The fraction of sp³-hybridized carbons (Fsp3) is 0.364. The van der Waals surface area contributed by atoms with Crippen molar-refractivity contribution in [3.63, 3.8) is 0 Å². The summed E-state index contributed by atoms with van der Waals surface area (Å²) in [6.45, 7) is 2.34. The normalized spacial score (nSPS) is 21.1. The third kappa shape index (κ3) is 1.70. The molecular weight excluding hydrogens is 224 g/mol. The third-order valence-corrected chi connectivity index (χ3v) is 4.67. The number of hydrogen-bond donors (Lipinski definition) is 0. The Kier molecular flexibility index (Phi) is 2.70. The standard InChI is InChI=1S/C11H12N2O2S/c1-9-2-4-11(5-3-9)16(14,15)13-7-6-10(13)8-12/h2-5,10H,6-7H2,1H3. The highest BCUT2D eigenvalue weighted by atomic mass is 32.2. The Hall–Kier alpha value is -1.38. The SMILES string of the molecule is Cc1ccc(S(=O)(=O)N2CCC2C#N)cc1. The molecule has 0 saturated carbocycles. The van der Waals surface area contributed by atoms with Gasteiger partial charge in [-0.15, -0.1) is 0 Å². The van der Waals surface area contributed by atoms with E-state index in [1.807, 2.05) is 13.0 Å². The van der Waals surface area contributed by atoms with Gasteiger partial charge in [0.2, 0.25) is 10.0 Å². The molecule has 0 N–H and O–H groups in total. The largest absolute Gasteiger partial charge is 0.244 e. The molecule has 5 heteroatoms. The minimum absolute atomic E-state index is 0.262. The van der Waals surface area contributed by atoms with Crippen LogP contribution in [0.2, 0.25) is 0 Å². The van der Waals surface area contributed by atoms with Gasteiger partial charge in [-0.25, -0.2) is 8.42 Å². The van der Waals surface area contributed by atoms with E-state index in [1.54, 1.807) is 24.3 Å². The van der Waals surface area contributed by atoms with Crippen molar-refractivity contribution >= 4 is 10.0 Å². The summed E-state index contributed by atoms with van der Waals surface area (Å²) in [5, 5.41) is 8.75. The second-order valence-electron chi connectivity index (χ2n) is 3.86. The fourth-order valence-electron chi connectivity index (χ4n) is 1.63. The molecule has 0 radical (unpaired) electrons. The number of hydrogen-bond acceptors (Lipinski definition) is 3. The van der Waals surface area contributed by atoms with Crippen LogP contribution in [0.1, 0.15) is 12.0 Å². The maximum Gasteiger partial charge on any atom is 0.244 e. The van der Waals surface area contributed by atoms with E-state index in [2.05, 4.69) is 0 Å². The first kappa shape index (κ1) is 11.1. The van der Waals surface area contributed by atoms with Gasteiger partial charge in [0.25, 0.3) is 0 Å². The minimum Gasteiger partial charge on any atom is -0.207 e.